The third-order valence-electron chi connectivity index (χ3n) is 5.37. The van der Waals surface area contributed by atoms with Crippen LogP contribution in [0.4, 0.5) is 16.2 Å². The van der Waals surface area contributed by atoms with Crippen molar-refractivity contribution in [2.45, 2.75) is 6.92 Å². The highest BCUT2D eigenvalue weighted by molar-refractivity contribution is 6.31. The predicted molar refractivity (Wildman–Crippen MR) is 128 cm³/mol. The molecule has 11 heteroatoms. The molecule has 9 nitrogen and oxygen atoms in total. The van der Waals surface area contributed by atoms with Crippen molar-refractivity contribution in [2.75, 3.05) is 43.4 Å². The summed E-state index contributed by atoms with van der Waals surface area (Å²) in [6.45, 7) is 5.17. The SMILES string of the molecule is Cc1nn(C)c2ncc(C(=O)NC(=O)Nc3cccc(Cl)c3)c(N3CCN(C)CC3)c12.Cl. The van der Waals surface area contributed by atoms with Gasteiger partial charge in [-0.1, -0.05) is 17.7 Å². The molecule has 4 rings (SSSR count). The number of carbonyl (C=O) groups is 2. The maximum Gasteiger partial charge on any atom is 0.326 e. The first kappa shape index (κ1) is 23.8. The van der Waals surface area contributed by atoms with Crippen LogP contribution in [0.3, 0.4) is 0 Å². The zero-order valence-electron chi connectivity index (χ0n) is 18.1. The first-order chi connectivity index (χ1) is 14.8. The molecule has 32 heavy (non-hydrogen) atoms. The van der Waals surface area contributed by atoms with Gasteiger partial charge in [0, 0.05) is 50.1 Å². The first-order valence-corrected chi connectivity index (χ1v) is 10.3. The lowest BCUT2D eigenvalue weighted by Crippen LogP contribution is -2.45. The van der Waals surface area contributed by atoms with Crippen LogP contribution in [-0.4, -0.2) is 64.8 Å². The number of nitrogens with one attached hydrogen (secondary N) is 2. The van der Waals surface area contributed by atoms with Crippen LogP contribution in [0, 0.1) is 6.92 Å². The van der Waals surface area contributed by atoms with Crippen LogP contribution in [0.25, 0.3) is 11.0 Å². The van der Waals surface area contributed by atoms with Crippen LogP contribution < -0.4 is 15.5 Å². The molecular weight excluding hydrogens is 453 g/mol. The van der Waals surface area contributed by atoms with Gasteiger partial charge in [0.2, 0.25) is 0 Å². The summed E-state index contributed by atoms with van der Waals surface area (Å²) in [6.07, 6.45) is 1.51. The third-order valence-corrected chi connectivity index (χ3v) is 5.61. The van der Waals surface area contributed by atoms with E-state index in [0.29, 0.717) is 21.9 Å². The van der Waals surface area contributed by atoms with Crippen LogP contribution in [0.15, 0.2) is 30.5 Å². The highest BCUT2D eigenvalue weighted by Crippen LogP contribution is 2.32. The van der Waals surface area contributed by atoms with E-state index in [9.17, 15) is 9.59 Å². The van der Waals surface area contributed by atoms with Gasteiger partial charge in [-0.15, -0.1) is 12.4 Å². The number of hydrogen-bond acceptors (Lipinski definition) is 6. The molecule has 0 unspecified atom stereocenters. The van der Waals surface area contributed by atoms with Gasteiger partial charge >= 0.3 is 6.03 Å². The van der Waals surface area contributed by atoms with E-state index in [0.717, 1.165) is 42.9 Å². The fraction of sp³-hybridized carbons (Fsp3) is 0.333. The lowest BCUT2D eigenvalue weighted by molar-refractivity contribution is 0.0967. The summed E-state index contributed by atoms with van der Waals surface area (Å²) in [4.78, 5) is 34.4. The lowest BCUT2D eigenvalue weighted by Gasteiger charge is -2.35. The van der Waals surface area contributed by atoms with E-state index in [1.165, 1.54) is 6.20 Å². The van der Waals surface area contributed by atoms with Crippen molar-refractivity contribution in [3.05, 3.63) is 46.7 Å². The van der Waals surface area contributed by atoms with Gasteiger partial charge in [0.15, 0.2) is 5.65 Å². The van der Waals surface area contributed by atoms with Gasteiger partial charge < -0.3 is 15.1 Å². The first-order valence-electron chi connectivity index (χ1n) is 9.97. The van der Waals surface area contributed by atoms with Gasteiger partial charge in [-0.25, -0.2) is 9.78 Å². The summed E-state index contributed by atoms with van der Waals surface area (Å²) < 4.78 is 1.71. The molecule has 2 aromatic heterocycles. The van der Waals surface area contributed by atoms with Crippen molar-refractivity contribution in [1.82, 2.24) is 25.0 Å². The third kappa shape index (κ3) is 4.79. The molecule has 0 saturated carbocycles. The second-order valence-electron chi connectivity index (χ2n) is 7.64. The lowest BCUT2D eigenvalue weighted by atomic mass is 10.1. The number of pyridine rings is 1. The number of carbonyl (C=O) groups excluding carboxylic acids is 2. The molecule has 0 bridgehead atoms. The van der Waals surface area contributed by atoms with Crippen LogP contribution in [0.2, 0.25) is 5.02 Å². The molecule has 0 aliphatic carbocycles. The minimum absolute atomic E-state index is 0. The molecule has 3 amide bonds. The molecule has 3 heterocycles. The number of urea groups is 1. The van der Waals surface area contributed by atoms with Crippen molar-refractivity contribution in [1.29, 1.82) is 0 Å². The molecule has 170 valence electrons. The van der Waals surface area contributed by atoms with Gasteiger partial charge in [0.05, 0.1) is 22.3 Å². The molecule has 1 fully saturated rings. The molecular formula is C21H25Cl2N7O2. The second-order valence-corrected chi connectivity index (χ2v) is 8.07. The van der Waals surface area contributed by atoms with E-state index >= 15 is 0 Å². The Bertz CT molecular complexity index is 1160. The highest BCUT2D eigenvalue weighted by Gasteiger charge is 2.26. The topological polar surface area (TPSA) is 95.4 Å². The Morgan fingerprint density at radius 2 is 1.84 bits per heavy atom. The van der Waals surface area contributed by atoms with Gasteiger partial charge in [-0.3, -0.25) is 14.8 Å². The van der Waals surface area contributed by atoms with Gasteiger partial charge in [-0.2, -0.15) is 5.10 Å². The number of aromatic nitrogens is 3. The number of amides is 3. The Hall–Kier alpha value is -2.88. The fourth-order valence-corrected chi connectivity index (χ4v) is 4.01. The second kappa shape index (κ2) is 9.72. The number of halogens is 2. The number of piperazine rings is 1. The number of anilines is 2. The van der Waals surface area contributed by atoms with Crippen LogP contribution >= 0.6 is 24.0 Å². The monoisotopic (exact) mass is 477 g/mol. The van der Waals surface area contributed by atoms with E-state index in [2.05, 4.69) is 37.6 Å². The summed E-state index contributed by atoms with van der Waals surface area (Å²) in [5.74, 6) is -0.522. The molecule has 0 spiro atoms. The number of rotatable bonds is 3. The predicted octanol–water partition coefficient (Wildman–Crippen LogP) is 3.07. The molecule has 1 saturated heterocycles. The number of hydrogen-bond donors (Lipinski definition) is 2. The fourth-order valence-electron chi connectivity index (χ4n) is 3.82. The number of imide groups is 1. The standard InChI is InChI=1S/C21H24ClN7O2.ClH/c1-13-17-18(29-9-7-27(2)8-10-29)16(12-23-19(17)28(3)26-13)20(30)25-21(31)24-15-6-4-5-14(22)11-15;/h4-6,11-12H,7-10H2,1-3H3,(H2,24,25,30,31);1H. The van der Waals surface area contributed by atoms with Crippen LogP contribution in [0.1, 0.15) is 16.1 Å². The van der Waals surface area contributed by atoms with E-state index in [1.807, 2.05) is 14.0 Å². The average molecular weight is 478 g/mol. The minimum atomic E-state index is -0.639. The average Bonchev–Trinajstić information content (AvgIpc) is 3.01. The van der Waals surface area contributed by atoms with Crippen molar-refractivity contribution in [3.63, 3.8) is 0 Å². The number of fused-ring (bicyclic) bond motifs is 1. The van der Waals surface area contributed by atoms with E-state index in [-0.39, 0.29) is 12.4 Å². The van der Waals surface area contributed by atoms with Gasteiger partial charge in [0.1, 0.15) is 0 Å². The van der Waals surface area contributed by atoms with Gasteiger partial charge in [0.25, 0.3) is 5.91 Å². The molecule has 1 aliphatic rings. The molecule has 0 radical (unpaired) electrons. The van der Waals surface area contributed by atoms with Crippen molar-refractivity contribution < 1.29 is 9.59 Å². The Labute approximate surface area is 197 Å². The Kier molecular flexibility index (Phi) is 7.22. The maximum atomic E-state index is 13.1. The van der Waals surface area contributed by atoms with E-state index in [1.54, 1.807) is 28.9 Å². The Morgan fingerprint density at radius 3 is 2.53 bits per heavy atom. The number of aryl methyl sites for hydroxylation is 2. The zero-order valence-corrected chi connectivity index (χ0v) is 19.6. The molecule has 3 aromatic rings. The summed E-state index contributed by atoms with van der Waals surface area (Å²) in [5.41, 5.74) is 3.09. The van der Waals surface area contributed by atoms with Gasteiger partial charge in [-0.05, 0) is 32.2 Å². The summed E-state index contributed by atoms with van der Waals surface area (Å²) in [5, 5.41) is 10.8. The summed E-state index contributed by atoms with van der Waals surface area (Å²) in [6, 6.07) is 6.08. The van der Waals surface area contributed by atoms with Crippen molar-refractivity contribution in [2.24, 2.45) is 7.05 Å². The zero-order chi connectivity index (χ0) is 22.1. The highest BCUT2D eigenvalue weighted by atomic mass is 35.5. The number of nitrogens with zero attached hydrogens (tertiary/aromatic N) is 5. The molecule has 1 aliphatic heterocycles. The summed E-state index contributed by atoms with van der Waals surface area (Å²) in [7, 11) is 3.90. The largest absolute Gasteiger partial charge is 0.368 e. The van der Waals surface area contributed by atoms with Crippen molar-refractivity contribution >= 4 is 58.4 Å². The number of benzene rings is 1. The van der Waals surface area contributed by atoms with Crippen LogP contribution in [0.5, 0.6) is 0 Å². The Balaban J connectivity index is 0.00000289. The van der Waals surface area contributed by atoms with E-state index < -0.39 is 11.9 Å². The maximum absolute atomic E-state index is 13.1. The summed E-state index contributed by atoms with van der Waals surface area (Å²) >= 11 is 5.96. The molecule has 1 aromatic carbocycles. The molecule has 2 N–H and O–H groups in total. The Morgan fingerprint density at radius 1 is 1.12 bits per heavy atom. The quantitative estimate of drug-likeness (QED) is 0.601. The van der Waals surface area contributed by atoms with E-state index in [4.69, 9.17) is 11.6 Å². The van der Waals surface area contributed by atoms with Crippen LogP contribution in [-0.2, 0) is 7.05 Å². The normalized spacial score (nSPS) is 14.2. The van der Waals surface area contributed by atoms with Crippen molar-refractivity contribution in [3.8, 4) is 0 Å². The molecule has 0 atom stereocenters. The minimum Gasteiger partial charge on any atom is -0.368 e. The number of likely N-dealkylation sites (N-methyl/N-ethyl adjacent to an activating group) is 1. The smallest absolute Gasteiger partial charge is 0.326 e.